The van der Waals surface area contributed by atoms with E-state index in [2.05, 4.69) is 39.8 Å². The molecule has 2 saturated carbocycles. The van der Waals surface area contributed by atoms with E-state index in [-0.39, 0.29) is 0 Å². The van der Waals surface area contributed by atoms with E-state index < -0.39 is 0 Å². The zero-order chi connectivity index (χ0) is 14.1. The van der Waals surface area contributed by atoms with Gasteiger partial charge in [0.1, 0.15) is 16.2 Å². The summed E-state index contributed by atoms with van der Waals surface area (Å²) in [5.74, 6) is 4.89. The first-order chi connectivity index (χ1) is 9.65. The minimum absolute atomic E-state index is 0.877. The first-order valence-electron chi connectivity index (χ1n) is 7.90. The van der Waals surface area contributed by atoms with Gasteiger partial charge >= 0.3 is 0 Å². The van der Waals surface area contributed by atoms with Crippen molar-refractivity contribution in [2.45, 2.75) is 45.4 Å². The quantitative estimate of drug-likeness (QED) is 0.758. The summed E-state index contributed by atoms with van der Waals surface area (Å²) < 4.78 is 0.908. The fourth-order valence-corrected chi connectivity index (χ4v) is 4.44. The molecule has 3 unspecified atom stereocenters. The molecule has 3 rings (SSSR count). The predicted molar refractivity (Wildman–Crippen MR) is 85.9 cm³/mol. The molecule has 0 spiro atoms. The lowest BCUT2D eigenvalue weighted by Crippen LogP contribution is -2.29. The van der Waals surface area contributed by atoms with Crippen LogP contribution >= 0.6 is 15.9 Å². The standard InChI is InChI=1S/C16H24BrN3/c1-3-4-15-18-14(17)9-16(19-15)20(2)10-13-8-11-5-6-12(13)7-11/h9,11-13H,3-8,10H2,1-2H3. The van der Waals surface area contributed by atoms with Gasteiger partial charge in [-0.1, -0.05) is 13.3 Å². The summed E-state index contributed by atoms with van der Waals surface area (Å²) in [6, 6.07) is 2.05. The van der Waals surface area contributed by atoms with Crippen molar-refractivity contribution >= 4 is 21.7 Å². The van der Waals surface area contributed by atoms with Crippen molar-refractivity contribution in [2.24, 2.45) is 17.8 Å². The van der Waals surface area contributed by atoms with Crippen LogP contribution in [0, 0.1) is 17.8 Å². The van der Waals surface area contributed by atoms with E-state index in [1.54, 1.807) is 0 Å². The summed E-state index contributed by atoms with van der Waals surface area (Å²) in [5.41, 5.74) is 0. The molecule has 2 fully saturated rings. The molecular weight excluding hydrogens is 314 g/mol. The van der Waals surface area contributed by atoms with E-state index >= 15 is 0 Å². The van der Waals surface area contributed by atoms with Crippen molar-refractivity contribution in [3.05, 3.63) is 16.5 Å². The van der Waals surface area contributed by atoms with Gasteiger partial charge in [0.2, 0.25) is 0 Å². The largest absolute Gasteiger partial charge is 0.359 e. The molecule has 0 N–H and O–H groups in total. The summed E-state index contributed by atoms with van der Waals surface area (Å²) in [6.45, 7) is 3.32. The molecule has 110 valence electrons. The SMILES string of the molecule is CCCc1nc(Br)cc(N(C)CC2CC3CCC2C3)n1. The first kappa shape index (κ1) is 14.3. The molecule has 1 aromatic rings. The number of anilines is 1. The molecule has 0 saturated heterocycles. The molecule has 0 aliphatic heterocycles. The lowest BCUT2D eigenvalue weighted by atomic mass is 9.88. The Morgan fingerprint density at radius 3 is 2.80 bits per heavy atom. The molecule has 0 aromatic carbocycles. The Balaban J connectivity index is 1.68. The van der Waals surface area contributed by atoms with Gasteiger partial charge in [0.25, 0.3) is 0 Å². The lowest BCUT2D eigenvalue weighted by molar-refractivity contribution is 0.337. The maximum atomic E-state index is 4.71. The second-order valence-electron chi connectivity index (χ2n) is 6.53. The topological polar surface area (TPSA) is 29.0 Å². The second-order valence-corrected chi connectivity index (χ2v) is 7.34. The minimum Gasteiger partial charge on any atom is -0.359 e. The van der Waals surface area contributed by atoms with Crippen LogP contribution in [0.4, 0.5) is 5.82 Å². The highest BCUT2D eigenvalue weighted by Gasteiger charge is 2.39. The first-order valence-corrected chi connectivity index (χ1v) is 8.69. The van der Waals surface area contributed by atoms with Gasteiger partial charge in [-0.15, -0.1) is 0 Å². The number of aromatic nitrogens is 2. The van der Waals surface area contributed by atoms with Crippen LogP contribution in [0.25, 0.3) is 0 Å². The van der Waals surface area contributed by atoms with Crippen LogP contribution in [-0.4, -0.2) is 23.6 Å². The van der Waals surface area contributed by atoms with Gasteiger partial charge in [0.05, 0.1) is 0 Å². The Labute approximate surface area is 130 Å². The van der Waals surface area contributed by atoms with E-state index in [9.17, 15) is 0 Å². The third-order valence-corrected chi connectivity index (χ3v) is 5.39. The van der Waals surface area contributed by atoms with E-state index in [1.807, 2.05) is 6.07 Å². The molecular formula is C16H24BrN3. The summed E-state index contributed by atoms with van der Waals surface area (Å²) in [6.07, 6.45) is 7.89. The van der Waals surface area contributed by atoms with Crippen molar-refractivity contribution in [3.8, 4) is 0 Å². The fraction of sp³-hybridized carbons (Fsp3) is 0.750. The van der Waals surface area contributed by atoms with Crippen LogP contribution in [0.2, 0.25) is 0 Å². The van der Waals surface area contributed by atoms with Gasteiger partial charge in [0.15, 0.2) is 0 Å². The maximum absolute atomic E-state index is 4.71. The molecule has 1 heterocycles. The maximum Gasteiger partial charge on any atom is 0.133 e. The molecule has 0 amide bonds. The third-order valence-electron chi connectivity index (χ3n) is 4.99. The van der Waals surface area contributed by atoms with E-state index in [1.165, 1.54) is 25.7 Å². The lowest BCUT2D eigenvalue weighted by Gasteiger charge is -2.28. The van der Waals surface area contributed by atoms with Gasteiger partial charge in [0, 0.05) is 26.1 Å². The Morgan fingerprint density at radius 1 is 1.30 bits per heavy atom. The molecule has 20 heavy (non-hydrogen) atoms. The average molecular weight is 338 g/mol. The van der Waals surface area contributed by atoms with Crippen LogP contribution in [-0.2, 0) is 6.42 Å². The average Bonchev–Trinajstić information content (AvgIpc) is 3.00. The Morgan fingerprint density at radius 2 is 2.15 bits per heavy atom. The van der Waals surface area contributed by atoms with Crippen LogP contribution in [0.5, 0.6) is 0 Å². The summed E-state index contributed by atoms with van der Waals surface area (Å²) in [4.78, 5) is 11.5. The van der Waals surface area contributed by atoms with Gasteiger partial charge in [-0.2, -0.15) is 0 Å². The third kappa shape index (κ3) is 3.00. The Kier molecular flexibility index (Phi) is 4.29. The fourth-order valence-electron chi connectivity index (χ4n) is 4.03. The predicted octanol–water partition coefficient (Wildman–Crippen LogP) is 4.06. The zero-order valence-electron chi connectivity index (χ0n) is 12.5. The van der Waals surface area contributed by atoms with Crippen molar-refractivity contribution in [1.29, 1.82) is 0 Å². The van der Waals surface area contributed by atoms with E-state index in [0.29, 0.717) is 0 Å². The Hall–Kier alpha value is -0.640. The van der Waals surface area contributed by atoms with Gasteiger partial charge in [-0.05, 0) is 59.4 Å². The second kappa shape index (κ2) is 6.00. The molecule has 2 bridgehead atoms. The van der Waals surface area contributed by atoms with E-state index in [0.717, 1.165) is 53.4 Å². The highest BCUT2D eigenvalue weighted by Crippen LogP contribution is 2.48. The van der Waals surface area contributed by atoms with Crippen LogP contribution in [0.3, 0.4) is 0 Å². The molecule has 3 atom stereocenters. The number of halogens is 1. The molecule has 3 nitrogen and oxygen atoms in total. The molecule has 4 heteroatoms. The number of fused-ring (bicyclic) bond motifs is 2. The minimum atomic E-state index is 0.877. The number of hydrogen-bond donors (Lipinski definition) is 0. The monoisotopic (exact) mass is 337 g/mol. The van der Waals surface area contributed by atoms with Crippen molar-refractivity contribution in [1.82, 2.24) is 9.97 Å². The van der Waals surface area contributed by atoms with E-state index in [4.69, 9.17) is 4.98 Å². The van der Waals surface area contributed by atoms with Gasteiger partial charge in [-0.3, -0.25) is 0 Å². The summed E-state index contributed by atoms with van der Waals surface area (Å²) in [5, 5.41) is 0. The molecule has 2 aliphatic rings. The van der Waals surface area contributed by atoms with Crippen LogP contribution in [0.15, 0.2) is 10.7 Å². The number of hydrogen-bond acceptors (Lipinski definition) is 3. The smallest absolute Gasteiger partial charge is 0.133 e. The normalized spacial score (nSPS) is 28.1. The highest BCUT2D eigenvalue weighted by molar-refractivity contribution is 9.10. The highest BCUT2D eigenvalue weighted by atomic mass is 79.9. The summed E-state index contributed by atoms with van der Waals surface area (Å²) >= 11 is 3.52. The van der Waals surface area contributed by atoms with Crippen molar-refractivity contribution < 1.29 is 0 Å². The zero-order valence-corrected chi connectivity index (χ0v) is 14.1. The number of aryl methyl sites for hydroxylation is 1. The number of nitrogens with zero attached hydrogens (tertiary/aromatic N) is 3. The van der Waals surface area contributed by atoms with Gasteiger partial charge < -0.3 is 4.90 Å². The molecule has 0 radical (unpaired) electrons. The number of rotatable bonds is 5. The molecule has 1 aromatic heterocycles. The van der Waals surface area contributed by atoms with Crippen LogP contribution in [0.1, 0.15) is 44.9 Å². The van der Waals surface area contributed by atoms with Gasteiger partial charge in [-0.25, -0.2) is 9.97 Å². The summed E-state index contributed by atoms with van der Waals surface area (Å²) in [7, 11) is 2.18. The molecule has 2 aliphatic carbocycles. The van der Waals surface area contributed by atoms with Crippen molar-refractivity contribution in [3.63, 3.8) is 0 Å². The Bertz CT molecular complexity index is 477. The van der Waals surface area contributed by atoms with Crippen molar-refractivity contribution in [2.75, 3.05) is 18.5 Å². The van der Waals surface area contributed by atoms with Crippen LogP contribution < -0.4 is 4.90 Å².